The molecule has 4 heteroatoms. The van der Waals surface area contributed by atoms with Crippen LogP contribution in [0.4, 0.5) is 0 Å². The summed E-state index contributed by atoms with van der Waals surface area (Å²) in [5.74, 6) is 2.52. The van der Waals surface area contributed by atoms with Crippen LogP contribution in [0.25, 0.3) is 0 Å². The minimum Gasteiger partial charge on any atom is -0.355 e. The maximum Gasteiger partial charge on any atom is 0.233 e. The van der Waals surface area contributed by atoms with E-state index in [9.17, 15) is 4.79 Å². The fourth-order valence-electron chi connectivity index (χ4n) is 1.34. The molecule has 0 aliphatic heterocycles. The average Bonchev–Trinajstić information content (AvgIpc) is 2.17. The Kier molecular flexibility index (Phi) is 9.83. The van der Waals surface area contributed by atoms with E-state index in [0.29, 0.717) is 18.4 Å². The summed E-state index contributed by atoms with van der Waals surface area (Å²) < 4.78 is 0. The molecule has 0 saturated heterocycles. The molecule has 0 aliphatic carbocycles. The van der Waals surface area contributed by atoms with E-state index >= 15 is 0 Å². The Labute approximate surface area is 104 Å². The van der Waals surface area contributed by atoms with Crippen LogP contribution in [0.5, 0.6) is 0 Å². The molecule has 96 valence electrons. The highest BCUT2D eigenvalue weighted by Gasteiger charge is 2.03. The van der Waals surface area contributed by atoms with E-state index in [-0.39, 0.29) is 5.91 Å². The van der Waals surface area contributed by atoms with Gasteiger partial charge in [0.15, 0.2) is 0 Å². The maximum atomic E-state index is 11.4. The molecule has 3 nitrogen and oxygen atoms in total. The summed E-state index contributed by atoms with van der Waals surface area (Å²) in [5, 5.41) is 6.10. The Hall–Kier alpha value is -0.220. The van der Waals surface area contributed by atoms with Crippen LogP contribution in [0.2, 0.25) is 0 Å². The third kappa shape index (κ3) is 10.3. The van der Waals surface area contributed by atoms with Gasteiger partial charge in [-0.3, -0.25) is 4.79 Å². The maximum absolute atomic E-state index is 11.4. The van der Waals surface area contributed by atoms with Gasteiger partial charge in [0.2, 0.25) is 5.91 Å². The van der Waals surface area contributed by atoms with Gasteiger partial charge in [-0.1, -0.05) is 20.8 Å². The molecule has 1 atom stereocenters. The second-order valence-electron chi connectivity index (χ2n) is 4.72. The first-order valence-corrected chi connectivity index (χ1v) is 7.42. The fourth-order valence-corrected chi connectivity index (χ4v) is 2.03. The molecule has 0 aliphatic rings. The highest BCUT2D eigenvalue weighted by molar-refractivity contribution is 7.98. The van der Waals surface area contributed by atoms with Gasteiger partial charge in [0, 0.05) is 6.54 Å². The molecule has 0 bridgehead atoms. The molecule has 0 rings (SSSR count). The molecule has 0 aromatic carbocycles. The van der Waals surface area contributed by atoms with Gasteiger partial charge in [0.05, 0.1) is 6.54 Å². The first-order valence-electron chi connectivity index (χ1n) is 6.02. The number of thioether (sulfide) groups is 1. The second kappa shape index (κ2) is 9.97. The van der Waals surface area contributed by atoms with Crippen molar-refractivity contribution in [2.24, 2.45) is 11.8 Å². The van der Waals surface area contributed by atoms with E-state index in [1.807, 2.05) is 11.8 Å². The summed E-state index contributed by atoms with van der Waals surface area (Å²) in [5.41, 5.74) is 0. The Morgan fingerprint density at radius 3 is 2.56 bits per heavy atom. The summed E-state index contributed by atoms with van der Waals surface area (Å²) in [6.07, 6.45) is 3.16. The highest BCUT2D eigenvalue weighted by Crippen LogP contribution is 2.02. The van der Waals surface area contributed by atoms with Crippen LogP contribution in [0.1, 0.15) is 27.2 Å². The summed E-state index contributed by atoms with van der Waals surface area (Å²) >= 11 is 1.85. The standard InChI is InChI=1S/C12H26N2OS/c1-10(2)5-6-14-12(15)8-13-7-11(3)9-16-4/h10-11,13H,5-9H2,1-4H3,(H,14,15). The van der Waals surface area contributed by atoms with Crippen molar-refractivity contribution < 1.29 is 4.79 Å². The topological polar surface area (TPSA) is 41.1 Å². The first-order chi connectivity index (χ1) is 7.56. The second-order valence-corrected chi connectivity index (χ2v) is 5.63. The third-order valence-electron chi connectivity index (χ3n) is 2.27. The molecular formula is C12H26N2OS. The van der Waals surface area contributed by atoms with Crippen molar-refractivity contribution in [3.05, 3.63) is 0 Å². The van der Waals surface area contributed by atoms with Gasteiger partial charge in [0.25, 0.3) is 0 Å². The van der Waals surface area contributed by atoms with Crippen molar-refractivity contribution in [3.8, 4) is 0 Å². The van der Waals surface area contributed by atoms with Crippen LogP contribution in [0, 0.1) is 11.8 Å². The van der Waals surface area contributed by atoms with Crippen molar-refractivity contribution in [1.82, 2.24) is 10.6 Å². The quantitative estimate of drug-likeness (QED) is 0.651. The fraction of sp³-hybridized carbons (Fsp3) is 0.917. The van der Waals surface area contributed by atoms with Crippen molar-refractivity contribution in [3.63, 3.8) is 0 Å². The van der Waals surface area contributed by atoms with E-state index in [2.05, 4.69) is 37.7 Å². The minimum absolute atomic E-state index is 0.108. The molecule has 1 amide bonds. The van der Waals surface area contributed by atoms with Crippen molar-refractivity contribution in [2.75, 3.05) is 31.6 Å². The number of hydrogen-bond donors (Lipinski definition) is 2. The zero-order valence-electron chi connectivity index (χ0n) is 11.0. The smallest absolute Gasteiger partial charge is 0.233 e. The van der Waals surface area contributed by atoms with Crippen molar-refractivity contribution >= 4 is 17.7 Å². The molecule has 1 unspecified atom stereocenters. The van der Waals surface area contributed by atoms with Gasteiger partial charge < -0.3 is 10.6 Å². The van der Waals surface area contributed by atoms with Crippen LogP contribution < -0.4 is 10.6 Å². The van der Waals surface area contributed by atoms with Gasteiger partial charge in [-0.2, -0.15) is 11.8 Å². The number of amides is 1. The minimum atomic E-state index is 0.108. The number of rotatable bonds is 9. The number of nitrogens with one attached hydrogen (secondary N) is 2. The van der Waals surface area contributed by atoms with Gasteiger partial charge in [-0.25, -0.2) is 0 Å². The molecule has 0 saturated carbocycles. The van der Waals surface area contributed by atoms with Gasteiger partial charge >= 0.3 is 0 Å². The molecule has 0 fully saturated rings. The van der Waals surface area contributed by atoms with Gasteiger partial charge in [0.1, 0.15) is 0 Å². The van der Waals surface area contributed by atoms with Crippen LogP contribution >= 0.6 is 11.8 Å². The lowest BCUT2D eigenvalue weighted by Gasteiger charge is -2.11. The number of hydrogen-bond acceptors (Lipinski definition) is 3. The Balaban J connectivity index is 3.36. The lowest BCUT2D eigenvalue weighted by molar-refractivity contribution is -0.120. The summed E-state index contributed by atoms with van der Waals surface area (Å²) in [6, 6.07) is 0. The van der Waals surface area contributed by atoms with E-state index in [1.165, 1.54) is 0 Å². The highest BCUT2D eigenvalue weighted by atomic mass is 32.2. The Morgan fingerprint density at radius 1 is 1.31 bits per heavy atom. The van der Waals surface area contributed by atoms with E-state index < -0.39 is 0 Å². The van der Waals surface area contributed by atoms with Crippen molar-refractivity contribution in [2.45, 2.75) is 27.2 Å². The molecule has 0 spiro atoms. The van der Waals surface area contributed by atoms with Crippen LogP contribution in [-0.4, -0.2) is 37.6 Å². The molecule has 2 N–H and O–H groups in total. The number of carbonyl (C=O) groups excluding carboxylic acids is 1. The molecule has 16 heavy (non-hydrogen) atoms. The predicted octanol–water partition coefficient (Wildman–Crippen LogP) is 1.74. The van der Waals surface area contributed by atoms with Crippen molar-refractivity contribution in [1.29, 1.82) is 0 Å². The van der Waals surface area contributed by atoms with E-state index in [4.69, 9.17) is 0 Å². The lowest BCUT2D eigenvalue weighted by atomic mass is 10.1. The lowest BCUT2D eigenvalue weighted by Crippen LogP contribution is -2.36. The van der Waals surface area contributed by atoms with E-state index in [1.54, 1.807) is 0 Å². The zero-order chi connectivity index (χ0) is 12.4. The average molecular weight is 246 g/mol. The molecule has 0 heterocycles. The summed E-state index contributed by atoms with van der Waals surface area (Å²) in [4.78, 5) is 11.4. The van der Waals surface area contributed by atoms with E-state index in [0.717, 1.165) is 25.3 Å². The molecule has 0 aromatic rings. The van der Waals surface area contributed by atoms with Crippen LogP contribution in [0.3, 0.4) is 0 Å². The van der Waals surface area contributed by atoms with Crippen LogP contribution in [-0.2, 0) is 4.79 Å². The van der Waals surface area contributed by atoms with Gasteiger partial charge in [-0.15, -0.1) is 0 Å². The summed E-state index contributed by atoms with van der Waals surface area (Å²) in [7, 11) is 0. The normalized spacial score (nSPS) is 12.8. The molecular weight excluding hydrogens is 220 g/mol. The zero-order valence-corrected chi connectivity index (χ0v) is 11.8. The third-order valence-corrected chi connectivity index (χ3v) is 3.18. The molecule has 0 aromatic heterocycles. The monoisotopic (exact) mass is 246 g/mol. The molecule has 0 radical (unpaired) electrons. The SMILES string of the molecule is CSCC(C)CNCC(=O)NCCC(C)C. The Morgan fingerprint density at radius 2 is 2.00 bits per heavy atom. The first kappa shape index (κ1) is 15.8. The number of carbonyl (C=O) groups is 1. The Bertz CT molecular complexity index is 186. The van der Waals surface area contributed by atoms with Crippen LogP contribution in [0.15, 0.2) is 0 Å². The summed E-state index contributed by atoms with van der Waals surface area (Å²) in [6.45, 7) is 8.66. The predicted molar refractivity (Wildman–Crippen MR) is 72.9 cm³/mol. The largest absolute Gasteiger partial charge is 0.355 e. The van der Waals surface area contributed by atoms with Gasteiger partial charge in [-0.05, 0) is 36.8 Å².